The van der Waals surface area contributed by atoms with E-state index in [0.717, 1.165) is 0 Å². The van der Waals surface area contributed by atoms with Crippen LogP contribution in [0, 0.1) is 6.92 Å². The summed E-state index contributed by atoms with van der Waals surface area (Å²) < 4.78 is 58.1. The third-order valence-corrected chi connectivity index (χ3v) is 5.28. The standard InChI is InChI=1S/C13H14O7S2/c1-9-5-6-10-3-2-4-11(12(10)13(9)14)21(15,16)8-7-20-22(17,18)19/h2-6,14H,7-8H2,1H3,(H,17,18,19). The number of hydrogen-bond acceptors (Lipinski definition) is 6. The zero-order chi connectivity index (χ0) is 16.5. The first-order chi connectivity index (χ1) is 10.1. The van der Waals surface area contributed by atoms with E-state index in [2.05, 4.69) is 4.18 Å². The molecule has 7 nitrogen and oxygen atoms in total. The highest BCUT2D eigenvalue weighted by atomic mass is 32.3. The van der Waals surface area contributed by atoms with Gasteiger partial charge in [0, 0.05) is 5.39 Å². The molecule has 0 unspecified atom stereocenters. The average Bonchev–Trinajstić information content (AvgIpc) is 2.40. The Kier molecular flexibility index (Phi) is 4.43. The quantitative estimate of drug-likeness (QED) is 0.787. The van der Waals surface area contributed by atoms with Gasteiger partial charge < -0.3 is 5.11 Å². The predicted octanol–water partition coefficient (Wildman–Crippen LogP) is 1.45. The molecule has 2 N–H and O–H groups in total. The predicted molar refractivity (Wildman–Crippen MR) is 79.9 cm³/mol. The van der Waals surface area contributed by atoms with E-state index >= 15 is 0 Å². The van der Waals surface area contributed by atoms with Crippen molar-refractivity contribution in [3.05, 3.63) is 35.9 Å². The Hall–Kier alpha value is -1.68. The van der Waals surface area contributed by atoms with Crippen LogP contribution in [-0.2, 0) is 24.4 Å². The molecule has 2 aromatic carbocycles. The van der Waals surface area contributed by atoms with Crippen molar-refractivity contribution in [2.75, 3.05) is 12.4 Å². The number of hydrogen-bond donors (Lipinski definition) is 2. The molecule has 0 atom stereocenters. The van der Waals surface area contributed by atoms with Gasteiger partial charge in [0.1, 0.15) is 5.75 Å². The minimum absolute atomic E-state index is 0.120. The zero-order valence-corrected chi connectivity index (χ0v) is 13.2. The molecule has 0 spiro atoms. The van der Waals surface area contributed by atoms with Gasteiger partial charge in [-0.05, 0) is 23.9 Å². The van der Waals surface area contributed by atoms with Crippen LogP contribution in [0.2, 0.25) is 0 Å². The molecule has 0 aliphatic rings. The normalized spacial score (nSPS) is 12.6. The summed E-state index contributed by atoms with van der Waals surface area (Å²) in [6, 6.07) is 7.84. The number of rotatable bonds is 5. The second-order valence-corrected chi connectivity index (χ2v) is 7.82. The Morgan fingerprint density at radius 3 is 2.41 bits per heavy atom. The summed E-state index contributed by atoms with van der Waals surface area (Å²) in [7, 11) is -8.61. The molecule has 2 aromatic rings. The van der Waals surface area contributed by atoms with Gasteiger partial charge in [-0.2, -0.15) is 8.42 Å². The fraction of sp³-hybridized carbons (Fsp3) is 0.231. The number of sulfone groups is 1. The Morgan fingerprint density at radius 2 is 1.77 bits per heavy atom. The third kappa shape index (κ3) is 3.55. The molecule has 0 aliphatic heterocycles. The van der Waals surface area contributed by atoms with Crippen LogP contribution in [0.25, 0.3) is 10.8 Å². The molecule has 9 heteroatoms. The van der Waals surface area contributed by atoms with Crippen molar-refractivity contribution in [2.24, 2.45) is 0 Å². The Labute approximate surface area is 128 Å². The van der Waals surface area contributed by atoms with Crippen LogP contribution in [-0.4, -0.2) is 38.9 Å². The summed E-state index contributed by atoms with van der Waals surface area (Å²) in [6.45, 7) is 0.920. The van der Waals surface area contributed by atoms with E-state index in [1.54, 1.807) is 25.1 Å². The van der Waals surface area contributed by atoms with Crippen LogP contribution < -0.4 is 0 Å². The van der Waals surface area contributed by atoms with Crippen molar-refractivity contribution in [3.8, 4) is 5.75 Å². The van der Waals surface area contributed by atoms with Crippen LogP contribution in [0.4, 0.5) is 0 Å². The molecule has 0 saturated carbocycles. The van der Waals surface area contributed by atoms with Gasteiger partial charge >= 0.3 is 10.4 Å². The van der Waals surface area contributed by atoms with E-state index in [-0.39, 0.29) is 16.0 Å². The second-order valence-electron chi connectivity index (χ2n) is 4.65. The van der Waals surface area contributed by atoms with Crippen molar-refractivity contribution >= 4 is 31.0 Å². The zero-order valence-electron chi connectivity index (χ0n) is 11.6. The lowest BCUT2D eigenvalue weighted by molar-refractivity contribution is 0.284. The van der Waals surface area contributed by atoms with Gasteiger partial charge in [0.25, 0.3) is 0 Å². The lowest BCUT2D eigenvalue weighted by Crippen LogP contribution is -2.15. The van der Waals surface area contributed by atoms with E-state index in [4.69, 9.17) is 4.55 Å². The maximum absolute atomic E-state index is 12.3. The summed E-state index contributed by atoms with van der Waals surface area (Å²) >= 11 is 0. The van der Waals surface area contributed by atoms with Crippen molar-refractivity contribution < 1.29 is 30.7 Å². The van der Waals surface area contributed by atoms with Crippen molar-refractivity contribution in [2.45, 2.75) is 11.8 Å². The SMILES string of the molecule is Cc1ccc2cccc(S(=O)(=O)CCOS(=O)(=O)O)c2c1O. The van der Waals surface area contributed by atoms with Crippen molar-refractivity contribution in [3.63, 3.8) is 0 Å². The highest BCUT2D eigenvalue weighted by molar-refractivity contribution is 7.91. The lowest BCUT2D eigenvalue weighted by Gasteiger charge is -2.11. The van der Waals surface area contributed by atoms with Gasteiger partial charge in [-0.25, -0.2) is 12.6 Å². The minimum Gasteiger partial charge on any atom is -0.507 e. The van der Waals surface area contributed by atoms with E-state index in [0.29, 0.717) is 10.9 Å². The molecular weight excluding hydrogens is 332 g/mol. The lowest BCUT2D eigenvalue weighted by atomic mass is 10.1. The Balaban J connectivity index is 2.47. The average molecular weight is 346 g/mol. The molecule has 0 fully saturated rings. The Bertz CT molecular complexity index is 915. The molecule has 22 heavy (non-hydrogen) atoms. The maximum atomic E-state index is 12.3. The third-order valence-electron chi connectivity index (χ3n) is 3.10. The number of phenols is 1. The summed E-state index contributed by atoms with van der Waals surface area (Å²) in [5, 5.41) is 10.8. The Morgan fingerprint density at radius 1 is 1.09 bits per heavy atom. The van der Waals surface area contributed by atoms with Crippen LogP contribution in [0.3, 0.4) is 0 Å². The molecular formula is C13H14O7S2. The number of aromatic hydroxyl groups is 1. The molecule has 2 rings (SSSR count). The van der Waals surface area contributed by atoms with Gasteiger partial charge in [0.05, 0.1) is 17.3 Å². The maximum Gasteiger partial charge on any atom is 0.397 e. The highest BCUT2D eigenvalue weighted by Crippen LogP contribution is 2.33. The van der Waals surface area contributed by atoms with Gasteiger partial charge in [-0.3, -0.25) is 4.55 Å². The molecule has 0 saturated heterocycles. The van der Waals surface area contributed by atoms with Gasteiger partial charge in [-0.1, -0.05) is 24.3 Å². The molecule has 0 amide bonds. The van der Waals surface area contributed by atoms with Gasteiger partial charge in [-0.15, -0.1) is 0 Å². The number of benzene rings is 2. The highest BCUT2D eigenvalue weighted by Gasteiger charge is 2.21. The van der Waals surface area contributed by atoms with E-state index in [1.165, 1.54) is 12.1 Å². The van der Waals surface area contributed by atoms with Crippen LogP contribution in [0.5, 0.6) is 5.75 Å². The van der Waals surface area contributed by atoms with Crippen molar-refractivity contribution in [1.29, 1.82) is 0 Å². The fourth-order valence-corrected chi connectivity index (χ4v) is 3.78. The summed E-state index contributed by atoms with van der Waals surface area (Å²) in [6.07, 6.45) is 0. The summed E-state index contributed by atoms with van der Waals surface area (Å²) in [5.74, 6) is -0.799. The fourth-order valence-electron chi connectivity index (χ4n) is 2.05. The minimum atomic E-state index is -4.70. The first-order valence-electron chi connectivity index (χ1n) is 6.18. The number of phenolic OH excluding ortho intramolecular Hbond substituents is 1. The molecule has 0 heterocycles. The van der Waals surface area contributed by atoms with E-state index < -0.39 is 32.6 Å². The van der Waals surface area contributed by atoms with Gasteiger partial charge in [0.15, 0.2) is 9.84 Å². The first kappa shape index (κ1) is 16.7. The van der Waals surface area contributed by atoms with Crippen LogP contribution in [0.1, 0.15) is 5.56 Å². The van der Waals surface area contributed by atoms with E-state index in [9.17, 15) is 21.9 Å². The monoisotopic (exact) mass is 346 g/mol. The molecule has 0 bridgehead atoms. The molecule has 0 aromatic heterocycles. The van der Waals surface area contributed by atoms with Crippen LogP contribution in [0.15, 0.2) is 35.2 Å². The van der Waals surface area contributed by atoms with Gasteiger partial charge in [0.2, 0.25) is 0 Å². The van der Waals surface area contributed by atoms with E-state index in [1.807, 2.05) is 0 Å². The van der Waals surface area contributed by atoms with Crippen molar-refractivity contribution in [1.82, 2.24) is 0 Å². The first-order valence-corrected chi connectivity index (χ1v) is 9.19. The summed E-state index contributed by atoms with van der Waals surface area (Å²) in [4.78, 5) is -0.120. The molecule has 0 aliphatic carbocycles. The topological polar surface area (TPSA) is 118 Å². The summed E-state index contributed by atoms with van der Waals surface area (Å²) in [5.41, 5.74) is 0.518. The number of aryl methyl sites for hydroxylation is 1. The number of fused-ring (bicyclic) bond motifs is 1. The smallest absolute Gasteiger partial charge is 0.397 e. The molecule has 120 valence electrons. The van der Waals surface area contributed by atoms with Crippen LogP contribution >= 0.6 is 0 Å². The second kappa shape index (κ2) is 5.84. The molecule has 0 radical (unpaired) electrons. The largest absolute Gasteiger partial charge is 0.507 e.